The highest BCUT2D eigenvalue weighted by Crippen LogP contribution is 2.54. The molecule has 2 heterocycles. The number of anilines is 1. The maximum absolute atomic E-state index is 11.7. The smallest absolute Gasteiger partial charge is 0.335 e. The summed E-state index contributed by atoms with van der Waals surface area (Å²) in [6, 6.07) is 0. The lowest BCUT2D eigenvalue weighted by Gasteiger charge is -2.12. The standard InChI is InChI=1S/C11H19N5O6P2/c12-11-14-9-8(10(17)15-11)13-6-16(9)4-2-1-3-5-23(18,19)7-24(20,21)22/h6H,1-5,7H2,(H,18,19)(H2,20,21,22)(H3,12,14,15,17). The first-order valence-corrected chi connectivity index (χ1v) is 11.0. The Bertz CT molecular complexity index is 871. The summed E-state index contributed by atoms with van der Waals surface area (Å²) in [7, 11) is -8.32. The minimum Gasteiger partial charge on any atom is -0.369 e. The molecule has 2 aromatic rings. The monoisotopic (exact) mass is 379 g/mol. The van der Waals surface area contributed by atoms with Crippen LogP contribution < -0.4 is 11.3 Å². The number of fused-ring (bicyclic) bond motifs is 1. The average Bonchev–Trinajstić information content (AvgIpc) is 2.78. The number of nitrogens with one attached hydrogen (secondary N) is 1. The van der Waals surface area contributed by atoms with Crippen LogP contribution in [0.5, 0.6) is 0 Å². The molecule has 0 aliphatic carbocycles. The van der Waals surface area contributed by atoms with Gasteiger partial charge in [-0.1, -0.05) is 6.42 Å². The normalized spacial score (nSPS) is 14.8. The lowest BCUT2D eigenvalue weighted by molar-refractivity contribution is 0.375. The van der Waals surface area contributed by atoms with Gasteiger partial charge in [-0.05, 0) is 12.8 Å². The summed E-state index contributed by atoms with van der Waals surface area (Å²) < 4.78 is 24.1. The highest BCUT2D eigenvalue weighted by molar-refractivity contribution is 7.72. The molecule has 24 heavy (non-hydrogen) atoms. The van der Waals surface area contributed by atoms with Gasteiger partial charge in [0.05, 0.1) is 6.33 Å². The van der Waals surface area contributed by atoms with E-state index in [-0.39, 0.29) is 17.6 Å². The molecule has 1 atom stereocenters. The zero-order valence-corrected chi connectivity index (χ0v) is 14.5. The molecular weight excluding hydrogens is 360 g/mol. The average molecular weight is 379 g/mol. The zero-order valence-electron chi connectivity index (χ0n) is 12.7. The molecule has 0 bridgehead atoms. The number of imidazole rings is 1. The van der Waals surface area contributed by atoms with E-state index < -0.39 is 26.4 Å². The Morgan fingerprint density at radius 1 is 1.21 bits per heavy atom. The van der Waals surface area contributed by atoms with Crippen molar-refractivity contribution in [2.75, 3.05) is 17.8 Å². The van der Waals surface area contributed by atoms with Crippen LogP contribution in [0.3, 0.4) is 0 Å². The van der Waals surface area contributed by atoms with Crippen LogP contribution in [0.15, 0.2) is 11.1 Å². The van der Waals surface area contributed by atoms with Gasteiger partial charge < -0.3 is 25.0 Å². The summed E-state index contributed by atoms with van der Waals surface area (Å²) in [5.74, 6) is -0.995. The molecular formula is C11H19N5O6P2. The van der Waals surface area contributed by atoms with Gasteiger partial charge in [-0.2, -0.15) is 4.98 Å². The summed E-state index contributed by atoms with van der Waals surface area (Å²) in [5.41, 5.74) is 5.63. The molecule has 2 rings (SSSR count). The Morgan fingerprint density at radius 3 is 2.58 bits per heavy atom. The Balaban J connectivity index is 1.86. The van der Waals surface area contributed by atoms with Crippen molar-refractivity contribution >= 4 is 32.1 Å². The quantitative estimate of drug-likeness (QED) is 0.317. The van der Waals surface area contributed by atoms with Crippen LogP contribution in [-0.2, 0) is 15.7 Å². The topological polar surface area (TPSA) is 184 Å². The summed E-state index contributed by atoms with van der Waals surface area (Å²) in [4.78, 5) is 49.0. The number of nitrogen functional groups attached to an aromatic ring is 1. The first-order chi connectivity index (χ1) is 11.1. The Morgan fingerprint density at radius 2 is 1.92 bits per heavy atom. The van der Waals surface area contributed by atoms with Crippen LogP contribution in [0.1, 0.15) is 19.3 Å². The van der Waals surface area contributed by atoms with Crippen LogP contribution in [0.2, 0.25) is 0 Å². The van der Waals surface area contributed by atoms with E-state index in [0.29, 0.717) is 31.5 Å². The molecule has 0 aliphatic rings. The third-order valence-electron chi connectivity index (χ3n) is 3.30. The zero-order chi connectivity index (χ0) is 18.0. The van der Waals surface area contributed by atoms with Gasteiger partial charge >= 0.3 is 7.60 Å². The third kappa shape index (κ3) is 5.25. The molecule has 134 valence electrons. The number of rotatable bonds is 8. The van der Waals surface area contributed by atoms with Crippen LogP contribution in [0.4, 0.5) is 5.95 Å². The first kappa shape index (κ1) is 18.8. The van der Waals surface area contributed by atoms with Gasteiger partial charge in [0.25, 0.3) is 5.56 Å². The third-order valence-corrected chi connectivity index (χ3v) is 7.56. The maximum atomic E-state index is 11.7. The summed E-state index contributed by atoms with van der Waals surface area (Å²) in [6.45, 7) is 0.487. The van der Waals surface area contributed by atoms with E-state index in [4.69, 9.17) is 15.5 Å². The predicted octanol–water partition coefficient (Wildman–Crippen LogP) is 0.278. The van der Waals surface area contributed by atoms with Crippen LogP contribution in [0, 0.1) is 0 Å². The maximum Gasteiger partial charge on any atom is 0.335 e. The minimum absolute atomic E-state index is 0.00657. The highest BCUT2D eigenvalue weighted by Gasteiger charge is 2.28. The van der Waals surface area contributed by atoms with Gasteiger partial charge in [0, 0.05) is 12.7 Å². The number of aromatic nitrogens is 4. The molecule has 0 saturated heterocycles. The lowest BCUT2D eigenvalue weighted by atomic mass is 10.2. The van der Waals surface area contributed by atoms with Gasteiger partial charge in [0.15, 0.2) is 11.2 Å². The molecule has 11 nitrogen and oxygen atoms in total. The van der Waals surface area contributed by atoms with E-state index in [2.05, 4.69) is 15.0 Å². The van der Waals surface area contributed by atoms with E-state index in [9.17, 15) is 18.8 Å². The second-order valence-electron chi connectivity index (χ2n) is 5.50. The molecule has 0 saturated carbocycles. The van der Waals surface area contributed by atoms with Gasteiger partial charge in [-0.15, -0.1) is 0 Å². The number of unbranched alkanes of at least 4 members (excludes halogenated alkanes) is 2. The van der Waals surface area contributed by atoms with Crippen LogP contribution in [0.25, 0.3) is 11.2 Å². The molecule has 0 fully saturated rings. The fourth-order valence-corrected chi connectivity index (χ4v) is 5.90. The Kier molecular flexibility index (Phi) is 5.62. The summed E-state index contributed by atoms with van der Waals surface area (Å²) in [6.07, 6.45) is 2.88. The molecule has 2 aromatic heterocycles. The number of hydrogen-bond donors (Lipinski definition) is 5. The SMILES string of the molecule is Nc1nc2c(ncn2CCCCCP(=O)(O)CP(=O)(O)O)c(=O)[nH]1. The molecule has 0 amide bonds. The van der Waals surface area contributed by atoms with E-state index in [1.54, 1.807) is 4.57 Å². The number of nitrogens with two attached hydrogens (primary N) is 1. The molecule has 1 unspecified atom stereocenters. The van der Waals surface area contributed by atoms with Crippen molar-refractivity contribution in [3.63, 3.8) is 0 Å². The number of hydrogen-bond acceptors (Lipinski definition) is 6. The van der Waals surface area contributed by atoms with Gasteiger partial charge in [0.2, 0.25) is 13.3 Å². The first-order valence-electron chi connectivity index (χ1n) is 7.13. The minimum atomic E-state index is -4.50. The molecule has 0 aliphatic heterocycles. The van der Waals surface area contributed by atoms with E-state index in [0.717, 1.165) is 0 Å². The Labute approximate surface area is 136 Å². The van der Waals surface area contributed by atoms with E-state index in [1.807, 2.05) is 0 Å². The van der Waals surface area contributed by atoms with Gasteiger partial charge in [-0.25, -0.2) is 4.98 Å². The van der Waals surface area contributed by atoms with E-state index in [1.165, 1.54) is 6.33 Å². The van der Waals surface area contributed by atoms with Gasteiger partial charge in [-0.3, -0.25) is 18.9 Å². The molecule has 0 spiro atoms. The van der Waals surface area contributed by atoms with E-state index >= 15 is 0 Å². The molecule has 6 N–H and O–H groups in total. The number of H-pyrrole nitrogens is 1. The number of aryl methyl sites for hydroxylation is 1. The number of aromatic amines is 1. The second kappa shape index (κ2) is 7.16. The van der Waals surface area contributed by atoms with Crippen molar-refractivity contribution < 1.29 is 23.8 Å². The van der Waals surface area contributed by atoms with Crippen molar-refractivity contribution in [3.8, 4) is 0 Å². The number of nitrogens with zero attached hydrogens (tertiary/aromatic N) is 3. The Hall–Kier alpha value is -1.51. The predicted molar refractivity (Wildman–Crippen MR) is 88.0 cm³/mol. The van der Waals surface area contributed by atoms with Crippen molar-refractivity contribution in [1.82, 2.24) is 19.5 Å². The molecule has 0 radical (unpaired) electrons. The van der Waals surface area contributed by atoms with Crippen molar-refractivity contribution in [3.05, 3.63) is 16.7 Å². The highest BCUT2D eigenvalue weighted by atomic mass is 31.2. The molecule has 0 aromatic carbocycles. The van der Waals surface area contributed by atoms with Crippen molar-refractivity contribution in [1.29, 1.82) is 0 Å². The fraction of sp³-hybridized carbons (Fsp3) is 0.545. The fourth-order valence-electron chi connectivity index (χ4n) is 2.31. The summed E-state index contributed by atoms with van der Waals surface area (Å²) >= 11 is 0. The lowest BCUT2D eigenvalue weighted by Crippen LogP contribution is -2.12. The van der Waals surface area contributed by atoms with Crippen molar-refractivity contribution in [2.45, 2.75) is 25.8 Å². The second-order valence-corrected chi connectivity index (χ2v) is 10.1. The van der Waals surface area contributed by atoms with Crippen LogP contribution in [-0.4, -0.2) is 46.3 Å². The molecule has 13 heteroatoms. The largest absolute Gasteiger partial charge is 0.369 e. The van der Waals surface area contributed by atoms with Crippen LogP contribution >= 0.6 is 15.0 Å². The van der Waals surface area contributed by atoms with Gasteiger partial charge in [0.1, 0.15) is 5.90 Å². The van der Waals surface area contributed by atoms with Crippen molar-refractivity contribution in [2.24, 2.45) is 0 Å². The summed E-state index contributed by atoms with van der Waals surface area (Å²) in [5, 5.41) is 0.